The zero-order valence-corrected chi connectivity index (χ0v) is 19.5. The number of fused-ring (bicyclic) bond motifs is 1. The van der Waals surface area contributed by atoms with Crippen LogP contribution in [0.3, 0.4) is 0 Å². The normalized spacial score (nSPS) is 13.5. The van der Waals surface area contributed by atoms with Crippen molar-refractivity contribution in [3.63, 3.8) is 0 Å². The van der Waals surface area contributed by atoms with Gasteiger partial charge in [0.2, 0.25) is 5.75 Å². The number of hydrogen-bond donors (Lipinski definition) is 1. The van der Waals surface area contributed by atoms with Crippen LogP contribution < -0.4 is 9.47 Å². The van der Waals surface area contributed by atoms with Crippen LogP contribution in [0.1, 0.15) is 36.6 Å². The van der Waals surface area contributed by atoms with Crippen LogP contribution in [0.5, 0.6) is 11.6 Å². The highest BCUT2D eigenvalue weighted by atomic mass is 35.5. The number of rotatable bonds is 6. The summed E-state index contributed by atoms with van der Waals surface area (Å²) in [5.41, 5.74) is 0.623. The molecular weight excluding hydrogens is 432 g/mol. The number of nitrogens with zero attached hydrogens (tertiary/aromatic N) is 6. The smallest absolute Gasteiger partial charge is 0.258 e. The summed E-state index contributed by atoms with van der Waals surface area (Å²) in [6.45, 7) is 5.67. The molecule has 0 saturated carbocycles. The fourth-order valence-electron chi connectivity index (χ4n) is 3.77. The van der Waals surface area contributed by atoms with E-state index in [0.717, 1.165) is 5.82 Å². The third-order valence-corrected chi connectivity index (χ3v) is 5.86. The summed E-state index contributed by atoms with van der Waals surface area (Å²) in [7, 11) is 5.10. The van der Waals surface area contributed by atoms with E-state index in [0.29, 0.717) is 44.5 Å². The number of hydrogen-bond acceptors (Lipinski definition) is 7. The van der Waals surface area contributed by atoms with Crippen molar-refractivity contribution in [3.8, 4) is 11.6 Å². The van der Waals surface area contributed by atoms with Gasteiger partial charge in [0, 0.05) is 19.5 Å². The molecular formula is C22H25ClN6O3. The molecule has 1 atom stereocenters. The minimum Gasteiger partial charge on any atom is -0.484 e. The molecule has 1 unspecified atom stereocenters. The molecule has 0 aliphatic rings. The van der Waals surface area contributed by atoms with E-state index in [1.807, 2.05) is 32.4 Å². The molecule has 10 heteroatoms. The quantitative estimate of drug-likeness (QED) is 0.475. The maximum Gasteiger partial charge on any atom is 0.258 e. The molecule has 1 aromatic carbocycles. The molecule has 9 nitrogen and oxygen atoms in total. The van der Waals surface area contributed by atoms with Crippen molar-refractivity contribution in [1.82, 2.24) is 29.5 Å². The summed E-state index contributed by atoms with van der Waals surface area (Å²) in [6.07, 6.45) is 3.06. The van der Waals surface area contributed by atoms with Gasteiger partial charge in [0.15, 0.2) is 5.60 Å². The second-order valence-electron chi connectivity index (χ2n) is 7.87. The Hall–Kier alpha value is -3.17. The number of aromatic nitrogens is 6. The molecule has 0 aliphatic carbocycles. The van der Waals surface area contributed by atoms with Gasteiger partial charge in [-0.1, -0.05) is 22.9 Å². The van der Waals surface area contributed by atoms with Crippen LogP contribution in [0.15, 0.2) is 30.6 Å². The Balaban J connectivity index is 2.01. The summed E-state index contributed by atoms with van der Waals surface area (Å²) in [6, 6.07) is 5.38. The molecule has 3 aromatic heterocycles. The zero-order chi connectivity index (χ0) is 23.2. The van der Waals surface area contributed by atoms with Crippen LogP contribution in [-0.2, 0) is 19.7 Å². The van der Waals surface area contributed by atoms with E-state index in [4.69, 9.17) is 21.1 Å². The van der Waals surface area contributed by atoms with Gasteiger partial charge in [-0.05, 0) is 38.5 Å². The Kier molecular flexibility index (Phi) is 5.56. The number of pyridine rings is 1. The van der Waals surface area contributed by atoms with Crippen LogP contribution in [-0.4, -0.2) is 47.8 Å². The SMILES string of the molecule is COc1nc2ccc(C(O)(c3cnnn3C)c3cnc(C)n3C)cc2c(Cl)c1OC(C)C. The van der Waals surface area contributed by atoms with Crippen LogP contribution in [0.2, 0.25) is 5.02 Å². The summed E-state index contributed by atoms with van der Waals surface area (Å²) >= 11 is 6.76. The Morgan fingerprint density at radius 3 is 2.47 bits per heavy atom. The largest absolute Gasteiger partial charge is 0.484 e. The third-order valence-electron chi connectivity index (χ3n) is 5.49. The van der Waals surface area contributed by atoms with Gasteiger partial charge in [-0.15, -0.1) is 5.10 Å². The molecule has 0 fully saturated rings. The highest BCUT2D eigenvalue weighted by Gasteiger charge is 2.40. The van der Waals surface area contributed by atoms with E-state index in [1.165, 1.54) is 18.0 Å². The summed E-state index contributed by atoms with van der Waals surface area (Å²) < 4.78 is 14.6. The molecule has 0 aliphatic heterocycles. The van der Waals surface area contributed by atoms with E-state index in [-0.39, 0.29) is 6.10 Å². The lowest BCUT2D eigenvalue weighted by Gasteiger charge is -2.29. The maximum absolute atomic E-state index is 12.2. The lowest BCUT2D eigenvalue weighted by molar-refractivity contribution is 0.108. The van der Waals surface area contributed by atoms with E-state index in [2.05, 4.69) is 20.3 Å². The maximum atomic E-state index is 12.2. The molecule has 0 saturated heterocycles. The summed E-state index contributed by atoms with van der Waals surface area (Å²) in [5.74, 6) is 1.42. The Bertz CT molecular complexity index is 1300. The standard InChI is InChI=1S/C22H25ClN6O3/c1-12(2)32-20-19(23)15-9-14(7-8-16(15)26-21(20)31-6)22(30,18-11-25-27-29(18)5)17-10-24-13(3)28(17)4/h7-12,30H,1-6H3. The minimum absolute atomic E-state index is 0.126. The van der Waals surface area contributed by atoms with E-state index < -0.39 is 5.60 Å². The molecule has 4 rings (SSSR count). The number of halogens is 1. The van der Waals surface area contributed by atoms with Crippen molar-refractivity contribution in [2.75, 3.05) is 7.11 Å². The van der Waals surface area contributed by atoms with Crippen LogP contribution in [0.25, 0.3) is 10.9 Å². The molecule has 32 heavy (non-hydrogen) atoms. The number of aryl methyl sites for hydroxylation is 2. The van der Waals surface area contributed by atoms with Crippen molar-refractivity contribution >= 4 is 22.5 Å². The molecule has 0 radical (unpaired) electrons. The van der Waals surface area contributed by atoms with Gasteiger partial charge in [-0.3, -0.25) is 0 Å². The average molecular weight is 457 g/mol. The number of imidazole rings is 1. The first-order chi connectivity index (χ1) is 15.2. The van der Waals surface area contributed by atoms with Gasteiger partial charge in [0.25, 0.3) is 5.88 Å². The Morgan fingerprint density at radius 1 is 1.16 bits per heavy atom. The molecule has 0 amide bonds. The molecule has 0 bridgehead atoms. The zero-order valence-electron chi connectivity index (χ0n) is 18.8. The predicted octanol–water partition coefficient (Wildman–Crippen LogP) is 3.14. The van der Waals surface area contributed by atoms with Gasteiger partial charge in [0.1, 0.15) is 11.5 Å². The van der Waals surface area contributed by atoms with Gasteiger partial charge in [-0.25, -0.2) is 14.6 Å². The van der Waals surface area contributed by atoms with Crippen molar-refractivity contribution in [3.05, 3.63) is 58.4 Å². The average Bonchev–Trinajstić information content (AvgIpc) is 3.34. The van der Waals surface area contributed by atoms with E-state index in [9.17, 15) is 5.11 Å². The second-order valence-corrected chi connectivity index (χ2v) is 8.24. The van der Waals surface area contributed by atoms with Gasteiger partial charge in [-0.2, -0.15) is 0 Å². The third kappa shape index (κ3) is 3.37. The lowest BCUT2D eigenvalue weighted by atomic mass is 9.86. The van der Waals surface area contributed by atoms with Crippen molar-refractivity contribution < 1.29 is 14.6 Å². The Labute approximate surface area is 190 Å². The summed E-state index contributed by atoms with van der Waals surface area (Å²) in [4.78, 5) is 8.92. The molecule has 0 spiro atoms. The first kappa shape index (κ1) is 22.0. The van der Waals surface area contributed by atoms with Crippen LogP contribution in [0.4, 0.5) is 0 Å². The van der Waals surface area contributed by atoms with Gasteiger partial charge < -0.3 is 19.1 Å². The van der Waals surface area contributed by atoms with E-state index in [1.54, 1.807) is 31.4 Å². The van der Waals surface area contributed by atoms with Crippen molar-refractivity contribution in [1.29, 1.82) is 0 Å². The highest BCUT2D eigenvalue weighted by Crippen LogP contribution is 2.43. The number of aliphatic hydroxyl groups is 1. The minimum atomic E-state index is -1.59. The molecule has 4 aromatic rings. The van der Waals surface area contributed by atoms with E-state index >= 15 is 0 Å². The van der Waals surface area contributed by atoms with Crippen LogP contribution in [0, 0.1) is 6.92 Å². The van der Waals surface area contributed by atoms with Gasteiger partial charge >= 0.3 is 0 Å². The van der Waals surface area contributed by atoms with Crippen LogP contribution >= 0.6 is 11.6 Å². The summed E-state index contributed by atoms with van der Waals surface area (Å²) in [5, 5.41) is 21.1. The fourth-order valence-corrected chi connectivity index (χ4v) is 4.05. The highest BCUT2D eigenvalue weighted by molar-refractivity contribution is 6.37. The lowest BCUT2D eigenvalue weighted by Crippen LogP contribution is -2.33. The topological polar surface area (TPSA) is 100 Å². The first-order valence-corrected chi connectivity index (χ1v) is 10.5. The van der Waals surface area contributed by atoms with Crippen molar-refractivity contribution in [2.24, 2.45) is 14.1 Å². The van der Waals surface area contributed by atoms with Gasteiger partial charge in [0.05, 0.1) is 41.8 Å². The van der Waals surface area contributed by atoms with Crippen molar-refractivity contribution in [2.45, 2.75) is 32.5 Å². The predicted molar refractivity (Wildman–Crippen MR) is 120 cm³/mol. The number of ether oxygens (including phenoxy) is 2. The second kappa shape index (κ2) is 8.07. The monoisotopic (exact) mass is 456 g/mol. The number of benzene rings is 1. The first-order valence-electron chi connectivity index (χ1n) is 10.1. The number of methoxy groups -OCH3 is 1. The molecule has 3 heterocycles. The molecule has 1 N–H and O–H groups in total. The fraction of sp³-hybridized carbons (Fsp3) is 0.364. The Morgan fingerprint density at radius 2 is 1.91 bits per heavy atom. The molecule has 168 valence electrons.